The van der Waals surface area contributed by atoms with Gasteiger partial charge in [0.05, 0.1) is 30.7 Å². The normalized spacial score (nSPS) is 8.71. The van der Waals surface area contributed by atoms with Gasteiger partial charge >= 0.3 is 11.4 Å². The molecule has 0 aliphatic rings. The second-order valence-electron chi connectivity index (χ2n) is 6.04. The van der Waals surface area contributed by atoms with Crippen molar-refractivity contribution in [1.29, 1.82) is 0 Å². The number of rotatable bonds is 4. The van der Waals surface area contributed by atoms with Gasteiger partial charge in [0.2, 0.25) is 0 Å². The third-order valence-corrected chi connectivity index (χ3v) is 3.59. The van der Waals surface area contributed by atoms with Crippen molar-refractivity contribution in [3.63, 3.8) is 0 Å². The van der Waals surface area contributed by atoms with Crippen LogP contribution in [0.3, 0.4) is 0 Å². The minimum absolute atomic E-state index is 0. The van der Waals surface area contributed by atoms with E-state index in [0.717, 1.165) is 5.56 Å². The maximum absolute atomic E-state index is 11.5. The van der Waals surface area contributed by atoms with Crippen molar-refractivity contribution in [2.45, 2.75) is 21.3 Å². The minimum atomic E-state index is -0.814. The molecule has 35 heavy (non-hydrogen) atoms. The van der Waals surface area contributed by atoms with Crippen LogP contribution < -0.4 is 15.2 Å². The first-order valence-electron chi connectivity index (χ1n) is 9.49. The van der Waals surface area contributed by atoms with E-state index in [0.29, 0.717) is 17.2 Å². The molecule has 0 fully saturated rings. The van der Waals surface area contributed by atoms with Crippen LogP contribution in [0.1, 0.15) is 20.4 Å². The van der Waals surface area contributed by atoms with Gasteiger partial charge in [-0.25, -0.2) is 4.79 Å². The summed E-state index contributed by atoms with van der Waals surface area (Å²) in [5.74, 6) is 0.705. The summed E-state index contributed by atoms with van der Waals surface area (Å²) >= 11 is 4.95. The average molecular weight is 498 g/mol. The molecule has 0 radical (unpaired) electrons. The van der Waals surface area contributed by atoms with Crippen LogP contribution in [-0.2, 0) is 11.2 Å². The van der Waals surface area contributed by atoms with Crippen LogP contribution in [0, 0.1) is 0 Å². The summed E-state index contributed by atoms with van der Waals surface area (Å²) < 4.78 is 9.67. The summed E-state index contributed by atoms with van der Waals surface area (Å²) in [4.78, 5) is 21.7. The Balaban J connectivity index is 0.000000525. The zero-order valence-electron chi connectivity index (χ0n) is 17.3. The summed E-state index contributed by atoms with van der Waals surface area (Å²) in [6.07, 6.45) is 6.34. The number of nitrogen functional groups attached to an aromatic ring is 1. The molecule has 0 spiro atoms. The first-order valence-corrected chi connectivity index (χ1v) is 9.86. The molecule has 9 nitrogen and oxygen atoms in total. The number of esters is 1. The average Bonchev–Trinajstić information content (AvgIpc) is 2.82. The predicted octanol–water partition coefficient (Wildman–Crippen LogP) is 5.38. The molecule has 0 unspecified atom stereocenters. The molecule has 4 rings (SSSR count). The van der Waals surface area contributed by atoms with Gasteiger partial charge in [-0.15, -0.1) is 0 Å². The fourth-order valence-electron chi connectivity index (χ4n) is 2.13. The fraction of sp³-hybridized carbons (Fsp3) is 0.120. The highest BCUT2D eigenvalue weighted by molar-refractivity contribution is 6.61. The van der Waals surface area contributed by atoms with E-state index < -0.39 is 5.43 Å². The van der Waals surface area contributed by atoms with Crippen LogP contribution in [0.15, 0.2) is 97.6 Å². The highest BCUT2D eigenvalue weighted by Gasteiger charge is 2.05. The molecule has 0 saturated carbocycles. The van der Waals surface area contributed by atoms with Crippen LogP contribution in [0.2, 0.25) is 0 Å². The van der Waals surface area contributed by atoms with Gasteiger partial charge in [-0.05, 0) is 42.0 Å². The summed E-state index contributed by atoms with van der Waals surface area (Å²) in [7, 11) is 0. The molecule has 2 aromatic heterocycles. The molecule has 184 valence electrons. The minimum Gasteiger partial charge on any atom is -0.426 e. The SMILES string of the molecule is C.C.Nc1ccnnc1.O=C(Cc1ccnnc1)Oc1ccccc1.O=C(Cl)Oc1ccccc1. The van der Waals surface area contributed by atoms with E-state index in [-0.39, 0.29) is 27.2 Å². The largest absolute Gasteiger partial charge is 0.426 e. The first-order chi connectivity index (χ1) is 16.0. The summed E-state index contributed by atoms with van der Waals surface area (Å²) in [5, 5.41) is 14.3. The zero-order chi connectivity index (χ0) is 23.7. The lowest BCUT2D eigenvalue weighted by Crippen LogP contribution is -2.11. The summed E-state index contributed by atoms with van der Waals surface area (Å²) in [6, 6.07) is 21.0. The van der Waals surface area contributed by atoms with Crippen molar-refractivity contribution in [2.24, 2.45) is 0 Å². The van der Waals surface area contributed by atoms with E-state index >= 15 is 0 Å². The van der Waals surface area contributed by atoms with Crippen molar-refractivity contribution >= 4 is 28.7 Å². The Morgan fingerprint density at radius 1 is 0.714 bits per heavy atom. The second kappa shape index (κ2) is 18.1. The third-order valence-electron chi connectivity index (χ3n) is 3.52. The second-order valence-corrected chi connectivity index (χ2v) is 6.35. The van der Waals surface area contributed by atoms with E-state index in [1.54, 1.807) is 67.1 Å². The Morgan fingerprint density at radius 2 is 1.23 bits per heavy atom. The molecular weight excluding hydrogens is 470 g/mol. The number of carbonyl (C=O) groups excluding carboxylic acids is 2. The standard InChI is InChI=1S/C12H10N2O2.C7H5ClO2.C4H5N3.2CH4/c15-12(8-10-6-7-13-14-9-10)16-11-4-2-1-3-5-11;8-7(9)10-6-4-2-1-3-5-6;5-4-1-2-6-7-3-4;;/h1-7,9H,8H2;1-5H;1-3H,(H2,5,6);2*1H4. The number of halogens is 1. The van der Waals surface area contributed by atoms with Gasteiger partial charge < -0.3 is 15.2 Å². The molecule has 4 aromatic rings. The number of nitrogens with two attached hydrogens (primary N) is 1. The van der Waals surface area contributed by atoms with E-state index in [2.05, 4.69) is 25.1 Å². The first kappa shape index (κ1) is 30.6. The lowest BCUT2D eigenvalue weighted by Gasteiger charge is -2.03. The number of benzene rings is 2. The molecule has 0 amide bonds. The molecule has 10 heteroatoms. The van der Waals surface area contributed by atoms with Crippen LogP contribution in [-0.4, -0.2) is 31.8 Å². The lowest BCUT2D eigenvalue weighted by molar-refractivity contribution is -0.133. The van der Waals surface area contributed by atoms with Crippen molar-refractivity contribution in [2.75, 3.05) is 5.73 Å². The lowest BCUT2D eigenvalue weighted by atomic mass is 10.2. The Bertz CT molecular complexity index is 1050. The van der Waals surface area contributed by atoms with E-state index in [9.17, 15) is 9.59 Å². The third kappa shape index (κ3) is 14.4. The number of anilines is 1. The predicted molar refractivity (Wildman–Crippen MR) is 136 cm³/mol. The molecule has 0 bridgehead atoms. The molecule has 0 aliphatic carbocycles. The highest BCUT2D eigenvalue weighted by Crippen LogP contribution is 2.10. The monoisotopic (exact) mass is 497 g/mol. The Kier molecular flexibility index (Phi) is 15.8. The van der Waals surface area contributed by atoms with Crippen molar-refractivity contribution in [1.82, 2.24) is 20.4 Å². The Hall–Kier alpha value is -4.37. The highest BCUT2D eigenvalue weighted by atomic mass is 35.5. The summed E-state index contributed by atoms with van der Waals surface area (Å²) in [6.45, 7) is 0. The van der Waals surface area contributed by atoms with Crippen LogP contribution in [0.4, 0.5) is 10.5 Å². The van der Waals surface area contributed by atoms with Gasteiger partial charge in [0.1, 0.15) is 11.5 Å². The Labute approximate surface area is 209 Å². The summed E-state index contributed by atoms with van der Waals surface area (Å²) in [5.41, 5.74) is 5.88. The van der Waals surface area contributed by atoms with Gasteiger partial charge in [0.15, 0.2) is 0 Å². The maximum atomic E-state index is 11.5. The number of nitrogens with zero attached hydrogens (tertiary/aromatic N) is 4. The number of para-hydroxylation sites is 2. The van der Waals surface area contributed by atoms with Crippen molar-refractivity contribution < 1.29 is 19.1 Å². The van der Waals surface area contributed by atoms with Crippen LogP contribution in [0.5, 0.6) is 11.5 Å². The molecule has 2 heterocycles. The van der Waals surface area contributed by atoms with E-state index in [1.165, 1.54) is 6.20 Å². The number of hydrogen-bond donors (Lipinski definition) is 1. The Morgan fingerprint density at radius 3 is 1.63 bits per heavy atom. The zero-order valence-corrected chi connectivity index (χ0v) is 18.1. The maximum Gasteiger partial charge on any atom is 0.409 e. The van der Waals surface area contributed by atoms with Crippen molar-refractivity contribution in [3.05, 3.63) is 103 Å². The van der Waals surface area contributed by atoms with Gasteiger partial charge in [0.25, 0.3) is 0 Å². The molecule has 0 atom stereocenters. The molecule has 0 aliphatic heterocycles. The quantitative estimate of drug-likeness (QED) is 0.224. The molecule has 0 saturated heterocycles. The molecule has 2 aromatic carbocycles. The van der Waals surface area contributed by atoms with Crippen molar-refractivity contribution in [3.8, 4) is 11.5 Å². The van der Waals surface area contributed by atoms with Gasteiger partial charge in [-0.1, -0.05) is 51.3 Å². The number of hydrogen-bond acceptors (Lipinski definition) is 9. The smallest absolute Gasteiger partial charge is 0.409 e. The number of aromatic nitrogens is 4. The van der Waals surface area contributed by atoms with E-state index in [1.807, 2.05) is 24.3 Å². The van der Waals surface area contributed by atoms with E-state index in [4.69, 9.17) is 22.1 Å². The van der Waals surface area contributed by atoms with Crippen LogP contribution >= 0.6 is 11.6 Å². The van der Waals surface area contributed by atoms with Crippen LogP contribution in [0.25, 0.3) is 0 Å². The van der Waals surface area contributed by atoms with Gasteiger partial charge in [-0.2, -0.15) is 20.4 Å². The molecule has 2 N–H and O–H groups in total. The molecular formula is C25H28ClN5O4. The van der Waals surface area contributed by atoms with Gasteiger partial charge in [-0.3, -0.25) is 4.79 Å². The van der Waals surface area contributed by atoms with Gasteiger partial charge in [0, 0.05) is 17.8 Å². The topological polar surface area (TPSA) is 130 Å². The fourth-order valence-corrected chi connectivity index (χ4v) is 2.22. The number of carbonyl (C=O) groups is 2. The number of ether oxygens (including phenoxy) is 2.